The lowest BCUT2D eigenvalue weighted by Gasteiger charge is -2.16. The molecule has 0 aliphatic heterocycles. The zero-order chi connectivity index (χ0) is 16.1. The van der Waals surface area contributed by atoms with Crippen molar-refractivity contribution in [3.63, 3.8) is 0 Å². The van der Waals surface area contributed by atoms with E-state index >= 15 is 0 Å². The number of carbonyl (C=O) groups excluding carboxylic acids is 1. The maximum absolute atomic E-state index is 12.2. The van der Waals surface area contributed by atoms with Crippen LogP contribution in [0, 0.1) is 13.8 Å². The number of benzene rings is 2. The number of thioether (sulfide) groups is 1. The second-order valence-electron chi connectivity index (χ2n) is 5.23. The van der Waals surface area contributed by atoms with Crippen LogP contribution in [0.5, 0.6) is 5.75 Å². The van der Waals surface area contributed by atoms with Gasteiger partial charge in [-0.15, -0.1) is 11.8 Å². The fourth-order valence-electron chi connectivity index (χ4n) is 1.99. The highest BCUT2D eigenvalue weighted by Gasteiger charge is 2.15. The van der Waals surface area contributed by atoms with Crippen molar-refractivity contribution >= 4 is 23.4 Å². The molecule has 1 atom stereocenters. The van der Waals surface area contributed by atoms with Crippen molar-refractivity contribution < 1.29 is 9.53 Å². The molecular formula is C18H21NO2S. The quantitative estimate of drug-likeness (QED) is 0.829. The van der Waals surface area contributed by atoms with Gasteiger partial charge in [0.15, 0.2) is 6.10 Å². The van der Waals surface area contributed by atoms with E-state index in [1.165, 1.54) is 5.56 Å². The van der Waals surface area contributed by atoms with Gasteiger partial charge in [0.05, 0.1) is 0 Å². The van der Waals surface area contributed by atoms with Gasteiger partial charge in [0.1, 0.15) is 5.75 Å². The van der Waals surface area contributed by atoms with Crippen molar-refractivity contribution in [2.75, 3.05) is 11.6 Å². The van der Waals surface area contributed by atoms with Crippen molar-refractivity contribution in [1.82, 2.24) is 0 Å². The third-order valence-electron chi connectivity index (χ3n) is 3.50. The van der Waals surface area contributed by atoms with E-state index in [9.17, 15) is 4.79 Å². The van der Waals surface area contributed by atoms with Gasteiger partial charge in [-0.05, 0) is 68.5 Å². The number of ether oxygens (including phenoxy) is 1. The first-order chi connectivity index (χ1) is 10.5. The predicted octanol–water partition coefficient (Wildman–Crippen LogP) is 4.43. The third-order valence-corrected chi connectivity index (χ3v) is 4.22. The summed E-state index contributed by atoms with van der Waals surface area (Å²) in [4.78, 5) is 13.3. The fourth-order valence-corrected chi connectivity index (χ4v) is 2.45. The summed E-state index contributed by atoms with van der Waals surface area (Å²) < 4.78 is 5.72. The maximum Gasteiger partial charge on any atom is 0.265 e. The van der Waals surface area contributed by atoms with E-state index in [-0.39, 0.29) is 5.91 Å². The molecule has 4 heteroatoms. The van der Waals surface area contributed by atoms with Crippen molar-refractivity contribution in [1.29, 1.82) is 0 Å². The molecule has 1 N–H and O–H groups in total. The minimum Gasteiger partial charge on any atom is -0.481 e. The van der Waals surface area contributed by atoms with Crippen LogP contribution in [0.4, 0.5) is 5.69 Å². The topological polar surface area (TPSA) is 38.3 Å². The smallest absolute Gasteiger partial charge is 0.265 e. The summed E-state index contributed by atoms with van der Waals surface area (Å²) in [6.07, 6.45) is 1.45. The van der Waals surface area contributed by atoms with Gasteiger partial charge in [0.2, 0.25) is 0 Å². The molecule has 116 valence electrons. The third kappa shape index (κ3) is 4.28. The van der Waals surface area contributed by atoms with E-state index in [2.05, 4.69) is 5.32 Å². The van der Waals surface area contributed by atoms with Gasteiger partial charge in [-0.25, -0.2) is 0 Å². The van der Waals surface area contributed by atoms with Gasteiger partial charge in [0.25, 0.3) is 5.91 Å². The van der Waals surface area contributed by atoms with Crippen LogP contribution in [0.25, 0.3) is 0 Å². The van der Waals surface area contributed by atoms with Crippen LogP contribution in [-0.4, -0.2) is 18.3 Å². The lowest BCUT2D eigenvalue weighted by Crippen LogP contribution is -2.30. The molecule has 1 amide bonds. The van der Waals surface area contributed by atoms with Crippen LogP contribution >= 0.6 is 11.8 Å². The number of hydrogen-bond acceptors (Lipinski definition) is 3. The monoisotopic (exact) mass is 315 g/mol. The SMILES string of the molecule is CSc1cccc(NC(=O)C(C)Oc2ccc(C)c(C)c2)c1. The van der Waals surface area contributed by atoms with E-state index < -0.39 is 6.10 Å². The van der Waals surface area contributed by atoms with Crippen LogP contribution in [-0.2, 0) is 4.79 Å². The summed E-state index contributed by atoms with van der Waals surface area (Å²) in [6.45, 7) is 5.83. The summed E-state index contributed by atoms with van der Waals surface area (Å²) in [5.41, 5.74) is 3.14. The average molecular weight is 315 g/mol. The average Bonchev–Trinajstić information content (AvgIpc) is 2.51. The Balaban J connectivity index is 2.00. The zero-order valence-electron chi connectivity index (χ0n) is 13.3. The highest BCUT2D eigenvalue weighted by Crippen LogP contribution is 2.20. The van der Waals surface area contributed by atoms with E-state index in [1.807, 2.05) is 62.6 Å². The van der Waals surface area contributed by atoms with Crippen LogP contribution in [0.1, 0.15) is 18.1 Å². The molecule has 2 aromatic carbocycles. The number of carbonyl (C=O) groups is 1. The first-order valence-electron chi connectivity index (χ1n) is 7.18. The second kappa shape index (κ2) is 7.36. The number of aryl methyl sites for hydroxylation is 2. The molecule has 0 aliphatic carbocycles. The summed E-state index contributed by atoms with van der Waals surface area (Å²) in [5, 5.41) is 2.89. The highest BCUT2D eigenvalue weighted by atomic mass is 32.2. The Morgan fingerprint density at radius 1 is 1.14 bits per heavy atom. The van der Waals surface area contributed by atoms with Crippen LogP contribution in [0.2, 0.25) is 0 Å². The fraction of sp³-hybridized carbons (Fsp3) is 0.278. The molecule has 1 unspecified atom stereocenters. The Kier molecular flexibility index (Phi) is 5.50. The second-order valence-corrected chi connectivity index (χ2v) is 6.11. The molecule has 22 heavy (non-hydrogen) atoms. The van der Waals surface area contributed by atoms with Crippen molar-refractivity contribution in [2.45, 2.75) is 31.8 Å². The Morgan fingerprint density at radius 2 is 1.91 bits per heavy atom. The first-order valence-corrected chi connectivity index (χ1v) is 8.41. The molecule has 2 aromatic rings. The van der Waals surface area contributed by atoms with E-state index in [0.29, 0.717) is 5.75 Å². The normalized spacial score (nSPS) is 11.8. The number of rotatable bonds is 5. The summed E-state index contributed by atoms with van der Waals surface area (Å²) in [6, 6.07) is 13.6. The van der Waals surface area contributed by atoms with Gasteiger partial charge in [-0.3, -0.25) is 4.79 Å². The molecule has 0 spiro atoms. The lowest BCUT2D eigenvalue weighted by molar-refractivity contribution is -0.122. The molecule has 0 fully saturated rings. The Hall–Kier alpha value is -1.94. The number of amides is 1. The molecule has 0 heterocycles. The molecule has 0 bridgehead atoms. The molecule has 0 aromatic heterocycles. The lowest BCUT2D eigenvalue weighted by atomic mass is 10.1. The molecular weight excluding hydrogens is 294 g/mol. The first kappa shape index (κ1) is 16.4. The van der Waals surface area contributed by atoms with Gasteiger partial charge in [0, 0.05) is 10.6 Å². The standard InChI is InChI=1S/C18H21NO2S/c1-12-8-9-16(10-13(12)2)21-14(3)18(20)19-15-6-5-7-17(11-15)22-4/h5-11,14H,1-4H3,(H,19,20). The molecule has 2 rings (SSSR count). The van der Waals surface area contributed by atoms with E-state index in [4.69, 9.17) is 4.74 Å². The van der Waals surface area contributed by atoms with E-state index in [1.54, 1.807) is 18.7 Å². The molecule has 0 saturated heterocycles. The van der Waals surface area contributed by atoms with Crippen molar-refractivity contribution in [3.8, 4) is 5.75 Å². The summed E-state index contributed by atoms with van der Waals surface area (Å²) in [5.74, 6) is 0.556. The van der Waals surface area contributed by atoms with Gasteiger partial charge >= 0.3 is 0 Å². The van der Waals surface area contributed by atoms with Crippen molar-refractivity contribution in [2.24, 2.45) is 0 Å². The Bertz CT molecular complexity index is 670. The van der Waals surface area contributed by atoms with Gasteiger partial charge in [-0.1, -0.05) is 12.1 Å². The van der Waals surface area contributed by atoms with E-state index in [0.717, 1.165) is 16.1 Å². The Labute approximate surface area is 136 Å². The largest absolute Gasteiger partial charge is 0.481 e. The number of hydrogen-bond donors (Lipinski definition) is 1. The minimum absolute atomic E-state index is 0.156. The van der Waals surface area contributed by atoms with Crippen LogP contribution < -0.4 is 10.1 Å². The van der Waals surface area contributed by atoms with Crippen LogP contribution in [0.15, 0.2) is 47.4 Å². The number of nitrogens with one attached hydrogen (secondary N) is 1. The van der Waals surface area contributed by atoms with Gasteiger partial charge in [-0.2, -0.15) is 0 Å². The summed E-state index contributed by atoms with van der Waals surface area (Å²) >= 11 is 1.64. The highest BCUT2D eigenvalue weighted by molar-refractivity contribution is 7.98. The van der Waals surface area contributed by atoms with Crippen molar-refractivity contribution in [3.05, 3.63) is 53.6 Å². The molecule has 3 nitrogen and oxygen atoms in total. The zero-order valence-corrected chi connectivity index (χ0v) is 14.2. The predicted molar refractivity (Wildman–Crippen MR) is 92.9 cm³/mol. The van der Waals surface area contributed by atoms with Crippen LogP contribution in [0.3, 0.4) is 0 Å². The number of anilines is 1. The Morgan fingerprint density at radius 3 is 2.59 bits per heavy atom. The maximum atomic E-state index is 12.2. The molecule has 0 radical (unpaired) electrons. The van der Waals surface area contributed by atoms with Gasteiger partial charge < -0.3 is 10.1 Å². The summed E-state index contributed by atoms with van der Waals surface area (Å²) in [7, 11) is 0. The molecule has 0 saturated carbocycles. The minimum atomic E-state index is -0.556. The molecule has 0 aliphatic rings.